The van der Waals surface area contributed by atoms with Crippen molar-refractivity contribution < 1.29 is 19.1 Å². The van der Waals surface area contributed by atoms with Crippen LogP contribution in [-0.4, -0.2) is 19.0 Å². The van der Waals surface area contributed by atoms with Crippen LogP contribution in [0.2, 0.25) is 5.02 Å². The SMILES string of the molecule is COc1ccc(NC(=O)[C@@H](OC(=O)C2CC2)c2ccccc2)cc1Cl. The van der Waals surface area contributed by atoms with Crippen LogP contribution in [-0.2, 0) is 14.3 Å². The summed E-state index contributed by atoms with van der Waals surface area (Å²) in [6.07, 6.45) is 0.627. The third-order valence-electron chi connectivity index (χ3n) is 3.90. The zero-order chi connectivity index (χ0) is 17.8. The summed E-state index contributed by atoms with van der Waals surface area (Å²) in [7, 11) is 1.52. The van der Waals surface area contributed by atoms with Crippen LogP contribution in [0.5, 0.6) is 5.75 Å². The molecule has 5 nitrogen and oxygen atoms in total. The van der Waals surface area contributed by atoms with Gasteiger partial charge in [0.2, 0.25) is 6.10 Å². The molecule has 2 aromatic rings. The van der Waals surface area contributed by atoms with Crippen molar-refractivity contribution in [1.82, 2.24) is 0 Å². The fourth-order valence-electron chi connectivity index (χ4n) is 2.38. The van der Waals surface area contributed by atoms with Crippen LogP contribution in [0.15, 0.2) is 48.5 Å². The van der Waals surface area contributed by atoms with E-state index < -0.39 is 12.0 Å². The Morgan fingerprint density at radius 2 is 1.88 bits per heavy atom. The molecule has 1 fully saturated rings. The van der Waals surface area contributed by atoms with E-state index in [1.54, 1.807) is 42.5 Å². The Hall–Kier alpha value is -2.53. The van der Waals surface area contributed by atoms with Crippen molar-refractivity contribution >= 4 is 29.2 Å². The van der Waals surface area contributed by atoms with Gasteiger partial charge in [0.15, 0.2) is 0 Å². The summed E-state index contributed by atoms with van der Waals surface area (Å²) >= 11 is 6.08. The molecule has 130 valence electrons. The van der Waals surface area contributed by atoms with Crippen molar-refractivity contribution in [3.63, 3.8) is 0 Å². The number of esters is 1. The zero-order valence-corrected chi connectivity index (χ0v) is 14.5. The van der Waals surface area contributed by atoms with Crippen molar-refractivity contribution in [1.29, 1.82) is 0 Å². The molecule has 0 aliphatic heterocycles. The first kappa shape index (κ1) is 17.3. The van der Waals surface area contributed by atoms with Crippen molar-refractivity contribution in [2.24, 2.45) is 5.92 Å². The van der Waals surface area contributed by atoms with Crippen LogP contribution in [0.3, 0.4) is 0 Å². The molecule has 0 heterocycles. The van der Waals surface area contributed by atoms with Crippen molar-refractivity contribution in [3.05, 3.63) is 59.1 Å². The summed E-state index contributed by atoms with van der Waals surface area (Å²) in [5.41, 5.74) is 1.12. The molecule has 3 rings (SSSR count). The van der Waals surface area contributed by atoms with E-state index in [2.05, 4.69) is 5.32 Å². The van der Waals surface area contributed by atoms with Gasteiger partial charge in [-0.1, -0.05) is 41.9 Å². The molecular weight excluding hydrogens is 342 g/mol. The van der Waals surface area contributed by atoms with E-state index in [-0.39, 0.29) is 11.9 Å². The van der Waals surface area contributed by atoms with Crippen LogP contribution in [0.1, 0.15) is 24.5 Å². The number of rotatable bonds is 6. The number of nitrogens with one attached hydrogen (secondary N) is 1. The van der Waals surface area contributed by atoms with Crippen LogP contribution in [0.25, 0.3) is 0 Å². The fraction of sp³-hybridized carbons (Fsp3) is 0.263. The molecule has 0 radical (unpaired) electrons. The predicted octanol–water partition coefficient (Wildman–Crippen LogP) is 3.98. The number of amides is 1. The number of benzene rings is 2. The molecule has 0 unspecified atom stereocenters. The number of carbonyl (C=O) groups excluding carboxylic acids is 2. The highest BCUT2D eigenvalue weighted by atomic mass is 35.5. The summed E-state index contributed by atoms with van der Waals surface area (Å²) in [5, 5.41) is 3.12. The van der Waals surface area contributed by atoms with E-state index in [0.717, 1.165) is 12.8 Å². The molecule has 1 N–H and O–H groups in total. The van der Waals surface area contributed by atoms with Gasteiger partial charge in [-0.2, -0.15) is 0 Å². The minimum absolute atomic E-state index is 0.0885. The Morgan fingerprint density at radius 1 is 1.16 bits per heavy atom. The summed E-state index contributed by atoms with van der Waals surface area (Å²) in [4.78, 5) is 24.7. The van der Waals surface area contributed by atoms with Crippen molar-refractivity contribution in [3.8, 4) is 5.75 Å². The molecule has 1 atom stereocenters. The van der Waals surface area contributed by atoms with Gasteiger partial charge in [-0.15, -0.1) is 0 Å². The van der Waals surface area contributed by atoms with Gasteiger partial charge in [0, 0.05) is 11.3 Å². The maximum absolute atomic E-state index is 12.7. The quantitative estimate of drug-likeness (QED) is 0.792. The summed E-state index contributed by atoms with van der Waals surface area (Å²) in [5.74, 6) is -0.341. The average molecular weight is 360 g/mol. The minimum atomic E-state index is -1.00. The number of ether oxygens (including phenoxy) is 2. The number of methoxy groups -OCH3 is 1. The second kappa shape index (κ2) is 7.57. The molecule has 0 saturated heterocycles. The first-order valence-electron chi connectivity index (χ1n) is 7.98. The highest BCUT2D eigenvalue weighted by Gasteiger charge is 2.35. The molecule has 0 spiro atoms. The van der Waals surface area contributed by atoms with Crippen LogP contribution in [0.4, 0.5) is 5.69 Å². The average Bonchev–Trinajstić information content (AvgIpc) is 3.45. The smallest absolute Gasteiger partial charge is 0.310 e. The van der Waals surface area contributed by atoms with Crippen molar-refractivity contribution in [2.45, 2.75) is 18.9 Å². The lowest BCUT2D eigenvalue weighted by molar-refractivity contribution is -0.156. The Morgan fingerprint density at radius 3 is 2.48 bits per heavy atom. The summed E-state index contributed by atoms with van der Waals surface area (Å²) < 4.78 is 10.6. The topological polar surface area (TPSA) is 64.6 Å². The van der Waals surface area contributed by atoms with Crippen LogP contribution in [0, 0.1) is 5.92 Å². The van der Waals surface area contributed by atoms with E-state index in [0.29, 0.717) is 22.0 Å². The van der Waals surface area contributed by atoms with Gasteiger partial charge < -0.3 is 14.8 Å². The van der Waals surface area contributed by atoms with Crippen molar-refractivity contribution in [2.75, 3.05) is 12.4 Å². The third-order valence-corrected chi connectivity index (χ3v) is 4.20. The molecule has 2 aromatic carbocycles. The molecule has 6 heteroatoms. The van der Waals surface area contributed by atoms with Gasteiger partial charge >= 0.3 is 5.97 Å². The second-order valence-electron chi connectivity index (χ2n) is 5.84. The van der Waals surface area contributed by atoms with Gasteiger partial charge in [-0.25, -0.2) is 0 Å². The largest absolute Gasteiger partial charge is 0.495 e. The Bertz CT molecular complexity index is 774. The van der Waals surface area contributed by atoms with E-state index in [4.69, 9.17) is 21.1 Å². The predicted molar refractivity (Wildman–Crippen MR) is 94.6 cm³/mol. The van der Waals surface area contributed by atoms with Gasteiger partial charge in [0.05, 0.1) is 18.1 Å². The minimum Gasteiger partial charge on any atom is -0.495 e. The lowest BCUT2D eigenvalue weighted by atomic mass is 10.1. The Kier molecular flexibility index (Phi) is 5.24. The molecule has 1 saturated carbocycles. The van der Waals surface area contributed by atoms with E-state index in [1.165, 1.54) is 7.11 Å². The van der Waals surface area contributed by atoms with Gasteiger partial charge in [0.1, 0.15) is 5.75 Å². The highest BCUT2D eigenvalue weighted by molar-refractivity contribution is 6.32. The Labute approximate surface area is 150 Å². The molecular formula is C19H18ClNO4. The standard InChI is InChI=1S/C19H18ClNO4/c1-24-16-10-9-14(11-15(16)20)21-18(22)17(12-5-3-2-4-6-12)25-19(23)13-7-8-13/h2-6,9-11,13,17H,7-8H2,1H3,(H,21,22)/t17-/m0/s1. The molecule has 0 bridgehead atoms. The summed E-state index contributed by atoms with van der Waals surface area (Å²) in [6.45, 7) is 0. The number of hydrogen-bond acceptors (Lipinski definition) is 4. The number of anilines is 1. The molecule has 1 aliphatic rings. The Balaban J connectivity index is 1.78. The third kappa shape index (κ3) is 4.31. The first-order valence-corrected chi connectivity index (χ1v) is 8.36. The van der Waals surface area contributed by atoms with Gasteiger partial charge in [-0.05, 0) is 31.0 Å². The van der Waals surface area contributed by atoms with E-state index in [1.807, 2.05) is 6.07 Å². The van der Waals surface area contributed by atoms with Crippen LogP contribution >= 0.6 is 11.6 Å². The fourth-order valence-corrected chi connectivity index (χ4v) is 2.64. The summed E-state index contributed by atoms with van der Waals surface area (Å²) in [6, 6.07) is 13.9. The van der Waals surface area contributed by atoms with E-state index in [9.17, 15) is 9.59 Å². The zero-order valence-electron chi connectivity index (χ0n) is 13.7. The maximum atomic E-state index is 12.7. The molecule has 25 heavy (non-hydrogen) atoms. The van der Waals surface area contributed by atoms with E-state index >= 15 is 0 Å². The first-order chi connectivity index (χ1) is 12.1. The highest BCUT2D eigenvalue weighted by Crippen LogP contribution is 2.33. The monoisotopic (exact) mass is 359 g/mol. The maximum Gasteiger partial charge on any atom is 0.310 e. The van der Waals surface area contributed by atoms with Crippen LogP contribution < -0.4 is 10.1 Å². The van der Waals surface area contributed by atoms with Gasteiger partial charge in [0.25, 0.3) is 5.91 Å². The molecule has 0 aromatic heterocycles. The van der Waals surface area contributed by atoms with Gasteiger partial charge in [-0.3, -0.25) is 9.59 Å². The lowest BCUT2D eigenvalue weighted by Gasteiger charge is -2.18. The molecule has 1 amide bonds. The molecule has 1 aliphatic carbocycles. The number of hydrogen-bond donors (Lipinski definition) is 1. The normalized spacial score (nSPS) is 14.5. The lowest BCUT2D eigenvalue weighted by Crippen LogP contribution is -2.26. The second-order valence-corrected chi connectivity index (χ2v) is 6.25. The number of carbonyl (C=O) groups is 2. The number of halogens is 1.